The Morgan fingerprint density at radius 3 is 1.47 bits per heavy atom. The van der Waals surface area contributed by atoms with Gasteiger partial charge in [-0.25, -0.2) is 4.57 Å². The van der Waals surface area contributed by atoms with Crippen LogP contribution in [0.3, 0.4) is 0 Å². The van der Waals surface area contributed by atoms with Crippen molar-refractivity contribution < 1.29 is 32.8 Å². The topological polar surface area (TPSA) is 117 Å². The highest BCUT2D eigenvalue weighted by atomic mass is 31.2. The minimum Gasteiger partial charge on any atom is -0.457 e. The van der Waals surface area contributed by atoms with Gasteiger partial charge in [-0.3, -0.25) is 13.8 Å². The second-order valence-electron chi connectivity index (χ2n) is 14.5. The number of phosphoric acid groups is 1. The van der Waals surface area contributed by atoms with E-state index in [0.717, 1.165) is 96.3 Å². The second kappa shape index (κ2) is 45.5. The first kappa shape index (κ1) is 55.4. The van der Waals surface area contributed by atoms with E-state index in [2.05, 4.69) is 111 Å². The number of unbranched alkanes of at least 4 members (excludes halogenated alkanes) is 13. The van der Waals surface area contributed by atoms with Crippen LogP contribution in [0.25, 0.3) is 0 Å². The highest BCUT2D eigenvalue weighted by Crippen LogP contribution is 2.43. The van der Waals surface area contributed by atoms with Gasteiger partial charge in [0.15, 0.2) is 0 Å². The lowest BCUT2D eigenvalue weighted by Gasteiger charge is -2.20. The van der Waals surface area contributed by atoms with Crippen LogP contribution < -0.4 is 5.73 Å². The number of allylic oxidation sites excluding steroid dienone is 16. The van der Waals surface area contributed by atoms with Crippen molar-refractivity contribution in [2.75, 3.05) is 33.0 Å². The van der Waals surface area contributed by atoms with E-state index in [9.17, 15) is 14.3 Å². The first-order chi connectivity index (χ1) is 28.4. The number of phosphoric ester groups is 1. The maximum atomic E-state index is 12.6. The lowest BCUT2D eigenvalue weighted by atomic mass is 10.1. The van der Waals surface area contributed by atoms with E-state index in [1.807, 2.05) is 0 Å². The molecule has 0 heterocycles. The second-order valence-corrected chi connectivity index (χ2v) is 16.0. The van der Waals surface area contributed by atoms with Crippen LogP contribution in [0.2, 0.25) is 0 Å². The maximum absolute atomic E-state index is 12.6. The van der Waals surface area contributed by atoms with Gasteiger partial charge in [0.2, 0.25) is 0 Å². The molecule has 8 nitrogen and oxygen atoms in total. The van der Waals surface area contributed by atoms with Crippen molar-refractivity contribution in [3.63, 3.8) is 0 Å². The molecule has 332 valence electrons. The van der Waals surface area contributed by atoms with E-state index in [1.165, 1.54) is 51.4 Å². The highest BCUT2D eigenvalue weighted by Gasteiger charge is 2.25. The zero-order valence-corrected chi connectivity index (χ0v) is 37.6. The summed E-state index contributed by atoms with van der Waals surface area (Å²) in [5, 5.41) is 0. The fourth-order valence-corrected chi connectivity index (χ4v) is 6.44. The Balaban J connectivity index is 4.14. The molecule has 0 fully saturated rings. The van der Waals surface area contributed by atoms with Crippen molar-refractivity contribution in [2.24, 2.45) is 5.73 Å². The molecule has 0 aliphatic heterocycles. The first-order valence-electron chi connectivity index (χ1n) is 22.7. The van der Waals surface area contributed by atoms with Crippen LogP contribution in [0.15, 0.2) is 97.2 Å². The molecule has 0 aromatic rings. The van der Waals surface area contributed by atoms with Gasteiger partial charge in [0.1, 0.15) is 6.10 Å². The Morgan fingerprint density at radius 2 is 0.966 bits per heavy atom. The molecule has 0 aliphatic carbocycles. The summed E-state index contributed by atoms with van der Waals surface area (Å²) in [5.41, 5.74) is 5.37. The molecule has 0 spiro atoms. The summed E-state index contributed by atoms with van der Waals surface area (Å²) >= 11 is 0. The van der Waals surface area contributed by atoms with E-state index in [1.54, 1.807) is 0 Å². The number of rotatable bonds is 42. The van der Waals surface area contributed by atoms with Crippen LogP contribution in [-0.2, 0) is 27.9 Å². The van der Waals surface area contributed by atoms with Gasteiger partial charge in [-0.15, -0.1) is 0 Å². The first-order valence-corrected chi connectivity index (χ1v) is 24.2. The van der Waals surface area contributed by atoms with Gasteiger partial charge in [-0.1, -0.05) is 162 Å². The van der Waals surface area contributed by atoms with Gasteiger partial charge >= 0.3 is 13.8 Å². The van der Waals surface area contributed by atoms with Crippen LogP contribution >= 0.6 is 7.82 Å². The average Bonchev–Trinajstić information content (AvgIpc) is 3.21. The molecule has 0 rings (SSSR count). The van der Waals surface area contributed by atoms with Crippen LogP contribution in [0.4, 0.5) is 0 Å². The number of nitrogens with two attached hydrogens (primary N) is 1. The summed E-state index contributed by atoms with van der Waals surface area (Å²) in [6, 6.07) is 0. The number of carbonyl (C=O) groups excluding carboxylic acids is 1. The molecule has 0 amide bonds. The number of hydrogen-bond donors (Lipinski definition) is 2. The van der Waals surface area contributed by atoms with Crippen molar-refractivity contribution >= 4 is 13.8 Å². The van der Waals surface area contributed by atoms with Crippen molar-refractivity contribution in [1.82, 2.24) is 0 Å². The molecule has 0 bridgehead atoms. The predicted molar refractivity (Wildman–Crippen MR) is 247 cm³/mol. The normalized spacial score (nSPS) is 14.3. The third-order valence-electron chi connectivity index (χ3n) is 8.99. The molecule has 0 aromatic carbocycles. The molecule has 0 saturated heterocycles. The summed E-state index contributed by atoms with van der Waals surface area (Å²) in [6.07, 6.45) is 60.1. The fourth-order valence-electron chi connectivity index (χ4n) is 5.68. The Morgan fingerprint density at radius 1 is 0.534 bits per heavy atom. The van der Waals surface area contributed by atoms with E-state index in [-0.39, 0.29) is 32.3 Å². The van der Waals surface area contributed by atoms with E-state index >= 15 is 0 Å². The van der Waals surface area contributed by atoms with E-state index in [0.29, 0.717) is 13.0 Å². The number of carbonyl (C=O) groups is 1. The van der Waals surface area contributed by atoms with Gasteiger partial charge in [-0.2, -0.15) is 0 Å². The fraction of sp³-hybridized carbons (Fsp3) is 0.653. The summed E-state index contributed by atoms with van der Waals surface area (Å²) in [7, 11) is -4.30. The molecular weight excluding hydrogens is 746 g/mol. The van der Waals surface area contributed by atoms with Gasteiger partial charge in [0.05, 0.1) is 19.8 Å². The van der Waals surface area contributed by atoms with Crippen molar-refractivity contribution in [1.29, 1.82) is 0 Å². The number of hydrogen-bond acceptors (Lipinski definition) is 7. The summed E-state index contributed by atoms with van der Waals surface area (Å²) in [4.78, 5) is 22.5. The Hall–Kier alpha value is -2.58. The van der Waals surface area contributed by atoms with Gasteiger partial charge < -0.3 is 20.1 Å². The number of esters is 1. The SMILES string of the molecule is CC/C=C\C/C=C\C/C=C\C/C=C\C/C=C\C/C=C\C/C=C\CCCCOCC(COP(=O)(O)OCCN)OC(=O)CCCCCCC/C=C\CCCCCCCC. The molecule has 2 atom stereocenters. The summed E-state index contributed by atoms with van der Waals surface area (Å²) in [5.74, 6) is -0.359. The summed E-state index contributed by atoms with van der Waals surface area (Å²) < 4.78 is 33.4. The molecule has 0 aliphatic rings. The molecule has 58 heavy (non-hydrogen) atoms. The van der Waals surface area contributed by atoms with Crippen molar-refractivity contribution in [2.45, 2.75) is 174 Å². The Labute approximate surface area is 355 Å². The average molecular weight is 830 g/mol. The van der Waals surface area contributed by atoms with Gasteiger partial charge in [0.25, 0.3) is 0 Å². The quantitative estimate of drug-likeness (QED) is 0.0270. The largest absolute Gasteiger partial charge is 0.472 e. The molecule has 3 N–H and O–H groups in total. The highest BCUT2D eigenvalue weighted by molar-refractivity contribution is 7.47. The monoisotopic (exact) mass is 830 g/mol. The zero-order chi connectivity index (χ0) is 42.3. The van der Waals surface area contributed by atoms with Crippen LogP contribution in [-0.4, -0.2) is 49.9 Å². The van der Waals surface area contributed by atoms with Crippen molar-refractivity contribution in [3.05, 3.63) is 97.2 Å². The molecule has 0 aromatic heterocycles. The van der Waals surface area contributed by atoms with Crippen LogP contribution in [0.5, 0.6) is 0 Å². The smallest absolute Gasteiger partial charge is 0.457 e. The minimum atomic E-state index is -4.30. The minimum absolute atomic E-state index is 0.0769. The van der Waals surface area contributed by atoms with E-state index in [4.69, 9.17) is 24.3 Å². The third kappa shape index (κ3) is 44.5. The molecule has 9 heteroatoms. The van der Waals surface area contributed by atoms with Crippen molar-refractivity contribution in [3.8, 4) is 0 Å². The molecule has 0 saturated carbocycles. The predicted octanol–water partition coefficient (Wildman–Crippen LogP) is 13.9. The maximum Gasteiger partial charge on any atom is 0.472 e. The lowest BCUT2D eigenvalue weighted by molar-refractivity contribution is -0.154. The van der Waals surface area contributed by atoms with E-state index < -0.39 is 13.9 Å². The molecular formula is C49H84NO7P. The Kier molecular flexibility index (Phi) is 43.5. The number of ether oxygens (including phenoxy) is 2. The molecule has 0 radical (unpaired) electrons. The lowest BCUT2D eigenvalue weighted by Crippen LogP contribution is -2.28. The zero-order valence-electron chi connectivity index (χ0n) is 36.7. The van der Waals surface area contributed by atoms with Gasteiger partial charge in [-0.05, 0) is 96.3 Å². The summed E-state index contributed by atoms with van der Waals surface area (Å²) in [6.45, 7) is 4.65. The van der Waals surface area contributed by atoms with Crippen LogP contribution in [0.1, 0.15) is 168 Å². The third-order valence-corrected chi connectivity index (χ3v) is 9.97. The molecule has 2 unspecified atom stereocenters. The Bertz CT molecular complexity index is 1200. The van der Waals surface area contributed by atoms with Gasteiger partial charge in [0, 0.05) is 19.6 Å². The standard InChI is InChI=1S/C49H84NO7P/c1-3-5-7-9-11-13-15-17-19-20-21-22-23-24-25-26-27-29-31-33-35-37-39-41-44-54-46-48(47-56-58(52,53)55-45-43-50)57-49(51)42-40-38-36-34-32-30-28-18-16-14-12-10-8-6-4-2/h5,7,11,13,17-19,21-22,24-25,27-29,33,35,48H,3-4,6,8-10,12,14-16,20,23,26,30-32,34,36-47,50H2,1-2H3,(H,52,53)/b7-5-,13-11-,19-17-,22-21-,25-24-,28-18-,29-27-,35-33-. The van der Waals surface area contributed by atoms with Crippen LogP contribution in [0, 0.1) is 0 Å².